The molecule has 0 saturated carbocycles. The molecule has 2 aromatic heterocycles. The summed E-state index contributed by atoms with van der Waals surface area (Å²) in [5.74, 6) is 0. The Labute approximate surface area is 171 Å². The molecule has 138 valence electrons. The van der Waals surface area contributed by atoms with Gasteiger partial charge in [-0.1, -0.05) is 44.9 Å². The fourth-order valence-corrected chi connectivity index (χ4v) is 4.44. The first-order valence-corrected chi connectivity index (χ1v) is 10.1. The molecule has 27 heavy (non-hydrogen) atoms. The van der Waals surface area contributed by atoms with Gasteiger partial charge < -0.3 is 4.57 Å². The minimum Gasteiger partial charge on any atom is -0.343 e. The summed E-state index contributed by atoms with van der Waals surface area (Å²) in [4.78, 5) is 0. The third-order valence-electron chi connectivity index (χ3n) is 5.04. The van der Waals surface area contributed by atoms with Gasteiger partial charge in [0.15, 0.2) is 0 Å². The Morgan fingerprint density at radius 1 is 1.19 bits per heavy atom. The van der Waals surface area contributed by atoms with Crippen molar-refractivity contribution < 1.29 is 0 Å². The van der Waals surface area contributed by atoms with Crippen LogP contribution in [0.15, 0.2) is 59.3 Å². The van der Waals surface area contributed by atoms with E-state index >= 15 is 0 Å². The summed E-state index contributed by atoms with van der Waals surface area (Å²) in [5, 5.41) is 10.4. The lowest BCUT2D eigenvalue weighted by molar-refractivity contribution is 0.473. The van der Waals surface area contributed by atoms with E-state index in [4.69, 9.17) is 11.6 Å². The summed E-state index contributed by atoms with van der Waals surface area (Å²) < 4.78 is 5.42. The van der Waals surface area contributed by atoms with Crippen molar-refractivity contribution in [3.05, 3.63) is 81.2 Å². The number of aryl methyl sites for hydroxylation is 2. The SMILES string of the molecule is CCn1c(C(Cc2cccc(Cl)c2)n2ccnn2)c(C)c2cc(Br)ccc21. The Hall–Kier alpha value is -2.11. The van der Waals surface area contributed by atoms with Gasteiger partial charge in [0.05, 0.1) is 12.2 Å². The van der Waals surface area contributed by atoms with Crippen LogP contribution in [0.3, 0.4) is 0 Å². The fourth-order valence-electron chi connectivity index (χ4n) is 3.87. The van der Waals surface area contributed by atoms with E-state index in [9.17, 15) is 0 Å². The van der Waals surface area contributed by atoms with Crippen molar-refractivity contribution in [2.75, 3.05) is 0 Å². The van der Waals surface area contributed by atoms with E-state index in [1.54, 1.807) is 6.20 Å². The van der Waals surface area contributed by atoms with Crippen molar-refractivity contribution in [2.45, 2.75) is 32.9 Å². The maximum Gasteiger partial charge on any atom is 0.0979 e. The Morgan fingerprint density at radius 3 is 2.74 bits per heavy atom. The zero-order valence-electron chi connectivity index (χ0n) is 15.2. The van der Waals surface area contributed by atoms with Gasteiger partial charge in [-0.15, -0.1) is 5.10 Å². The van der Waals surface area contributed by atoms with E-state index in [0.717, 1.165) is 22.5 Å². The summed E-state index contributed by atoms with van der Waals surface area (Å²) >= 11 is 9.83. The maximum absolute atomic E-state index is 6.23. The van der Waals surface area contributed by atoms with Gasteiger partial charge in [0.2, 0.25) is 0 Å². The van der Waals surface area contributed by atoms with Crippen LogP contribution in [-0.2, 0) is 13.0 Å². The molecule has 2 aromatic carbocycles. The summed E-state index contributed by atoms with van der Waals surface area (Å²) in [7, 11) is 0. The second-order valence-electron chi connectivity index (χ2n) is 6.65. The number of rotatable bonds is 5. The zero-order chi connectivity index (χ0) is 19.0. The third-order valence-corrected chi connectivity index (χ3v) is 5.77. The molecule has 0 N–H and O–H groups in total. The first kappa shape index (κ1) is 18.3. The molecule has 4 rings (SSSR count). The quantitative estimate of drug-likeness (QED) is 0.390. The molecule has 0 amide bonds. The second kappa shape index (κ2) is 7.49. The summed E-state index contributed by atoms with van der Waals surface area (Å²) in [6, 6.07) is 14.5. The van der Waals surface area contributed by atoms with Crippen molar-refractivity contribution in [3.8, 4) is 0 Å². The van der Waals surface area contributed by atoms with E-state index in [1.807, 2.05) is 29.1 Å². The normalized spacial score (nSPS) is 12.6. The van der Waals surface area contributed by atoms with Crippen LogP contribution in [-0.4, -0.2) is 19.6 Å². The lowest BCUT2D eigenvalue weighted by atomic mass is 10.00. The van der Waals surface area contributed by atoms with Crippen LogP contribution in [0.5, 0.6) is 0 Å². The van der Waals surface area contributed by atoms with Crippen molar-refractivity contribution in [1.29, 1.82) is 0 Å². The molecule has 0 fully saturated rings. The molecule has 4 aromatic rings. The van der Waals surface area contributed by atoms with Crippen molar-refractivity contribution in [3.63, 3.8) is 0 Å². The number of benzene rings is 2. The highest BCUT2D eigenvalue weighted by Gasteiger charge is 2.24. The maximum atomic E-state index is 6.23. The van der Waals surface area contributed by atoms with Crippen LogP contribution in [0.1, 0.15) is 29.8 Å². The van der Waals surface area contributed by atoms with Gasteiger partial charge in [0, 0.05) is 45.3 Å². The molecule has 1 unspecified atom stereocenters. The van der Waals surface area contributed by atoms with Crippen molar-refractivity contribution in [1.82, 2.24) is 19.6 Å². The van der Waals surface area contributed by atoms with E-state index in [2.05, 4.69) is 68.9 Å². The highest BCUT2D eigenvalue weighted by molar-refractivity contribution is 9.10. The molecule has 0 aliphatic rings. The molecule has 0 aliphatic heterocycles. The number of fused-ring (bicyclic) bond motifs is 1. The second-order valence-corrected chi connectivity index (χ2v) is 8.00. The van der Waals surface area contributed by atoms with Crippen LogP contribution in [0.2, 0.25) is 5.02 Å². The molecule has 0 bridgehead atoms. The number of hydrogen-bond donors (Lipinski definition) is 0. The van der Waals surface area contributed by atoms with Crippen LogP contribution in [0.4, 0.5) is 0 Å². The lowest BCUT2D eigenvalue weighted by Crippen LogP contribution is -2.19. The predicted octanol–water partition coefficient (Wildman–Crippen LogP) is 5.81. The molecular weight excluding hydrogens is 424 g/mol. The fraction of sp³-hybridized carbons (Fsp3) is 0.238. The minimum absolute atomic E-state index is 0.0390. The topological polar surface area (TPSA) is 35.6 Å². The molecule has 0 radical (unpaired) electrons. The van der Waals surface area contributed by atoms with Crippen molar-refractivity contribution >= 4 is 38.4 Å². The number of aromatic nitrogens is 4. The highest BCUT2D eigenvalue weighted by Crippen LogP contribution is 2.35. The Morgan fingerprint density at radius 2 is 2.04 bits per heavy atom. The van der Waals surface area contributed by atoms with Crippen molar-refractivity contribution in [2.24, 2.45) is 0 Å². The molecule has 0 aliphatic carbocycles. The zero-order valence-corrected chi connectivity index (χ0v) is 17.6. The largest absolute Gasteiger partial charge is 0.343 e. The van der Waals surface area contributed by atoms with Gasteiger partial charge in [-0.25, -0.2) is 4.68 Å². The molecule has 2 heterocycles. The third kappa shape index (κ3) is 3.42. The van der Waals surface area contributed by atoms with Gasteiger partial charge in [-0.2, -0.15) is 0 Å². The average Bonchev–Trinajstić information content (AvgIpc) is 3.27. The van der Waals surface area contributed by atoms with E-state index < -0.39 is 0 Å². The van der Waals surface area contributed by atoms with E-state index in [-0.39, 0.29) is 6.04 Å². The monoisotopic (exact) mass is 442 g/mol. The molecule has 0 saturated heterocycles. The minimum atomic E-state index is 0.0390. The standard InChI is InChI=1S/C21H20BrClN4/c1-3-26-19-8-7-16(22)13-18(19)14(2)21(26)20(27-10-9-24-25-27)12-15-5-4-6-17(23)11-15/h4-11,13,20H,3,12H2,1-2H3. The molecule has 1 atom stereocenters. The molecule has 0 spiro atoms. The predicted molar refractivity (Wildman–Crippen MR) is 113 cm³/mol. The molecular formula is C21H20BrClN4. The van der Waals surface area contributed by atoms with Gasteiger partial charge >= 0.3 is 0 Å². The number of halogens is 2. The van der Waals surface area contributed by atoms with Crippen LogP contribution in [0.25, 0.3) is 10.9 Å². The van der Waals surface area contributed by atoms with E-state index in [0.29, 0.717) is 0 Å². The van der Waals surface area contributed by atoms with E-state index in [1.165, 1.54) is 27.7 Å². The van der Waals surface area contributed by atoms with Gasteiger partial charge in [-0.3, -0.25) is 0 Å². The summed E-state index contributed by atoms with van der Waals surface area (Å²) in [5.41, 5.74) is 4.95. The summed E-state index contributed by atoms with van der Waals surface area (Å²) in [6.45, 7) is 5.27. The van der Waals surface area contributed by atoms with Crippen LogP contribution in [0, 0.1) is 6.92 Å². The van der Waals surface area contributed by atoms with Gasteiger partial charge in [0.25, 0.3) is 0 Å². The summed E-state index contributed by atoms with van der Waals surface area (Å²) in [6.07, 6.45) is 4.46. The lowest BCUT2D eigenvalue weighted by Gasteiger charge is -2.21. The molecule has 4 nitrogen and oxygen atoms in total. The first-order chi connectivity index (χ1) is 13.1. The Bertz CT molecular complexity index is 1090. The van der Waals surface area contributed by atoms with Gasteiger partial charge in [-0.05, 0) is 55.3 Å². The van der Waals surface area contributed by atoms with Crippen LogP contribution >= 0.6 is 27.5 Å². The number of hydrogen-bond acceptors (Lipinski definition) is 2. The number of nitrogens with zero attached hydrogens (tertiary/aromatic N) is 4. The Kier molecular flexibility index (Phi) is 5.06. The first-order valence-electron chi connectivity index (χ1n) is 8.97. The van der Waals surface area contributed by atoms with Gasteiger partial charge in [0.1, 0.15) is 0 Å². The van der Waals surface area contributed by atoms with Crippen LogP contribution < -0.4 is 0 Å². The smallest absolute Gasteiger partial charge is 0.0979 e. The highest BCUT2D eigenvalue weighted by atomic mass is 79.9. The average molecular weight is 444 g/mol. The molecule has 6 heteroatoms. The Balaban J connectivity index is 1.91.